The molecular weight excluding hydrogens is 296 g/mol. The van der Waals surface area contributed by atoms with Gasteiger partial charge in [0.2, 0.25) is 0 Å². The van der Waals surface area contributed by atoms with Crippen molar-refractivity contribution in [2.45, 2.75) is 32.6 Å². The maximum Gasteiger partial charge on any atom is 0.305 e. The molecule has 18 heavy (non-hydrogen) atoms. The van der Waals surface area contributed by atoms with Crippen molar-refractivity contribution in [1.82, 2.24) is 0 Å². The van der Waals surface area contributed by atoms with Gasteiger partial charge in [-0.1, -0.05) is 22.0 Å². The normalized spacial score (nSPS) is 10.2. The Kier molecular flexibility index (Phi) is 6.80. The first-order chi connectivity index (χ1) is 8.65. The van der Waals surface area contributed by atoms with Gasteiger partial charge in [0.25, 0.3) is 0 Å². The van der Waals surface area contributed by atoms with E-state index in [0.29, 0.717) is 13.0 Å². The molecule has 0 saturated carbocycles. The number of carbonyl (C=O) groups excluding carboxylic acids is 1. The molecular formula is C14H19BrO3. The van der Waals surface area contributed by atoms with Gasteiger partial charge in [0.1, 0.15) is 5.75 Å². The fourth-order valence-electron chi connectivity index (χ4n) is 1.58. The van der Waals surface area contributed by atoms with E-state index in [4.69, 9.17) is 4.74 Å². The number of hydrogen-bond donors (Lipinski definition) is 0. The monoisotopic (exact) mass is 314 g/mol. The number of halogens is 1. The van der Waals surface area contributed by atoms with Gasteiger partial charge in [-0.15, -0.1) is 0 Å². The van der Waals surface area contributed by atoms with Crippen LogP contribution < -0.4 is 4.74 Å². The van der Waals surface area contributed by atoms with Crippen molar-refractivity contribution in [3.8, 4) is 5.75 Å². The molecule has 0 fully saturated rings. The molecule has 0 radical (unpaired) electrons. The molecule has 4 heteroatoms. The summed E-state index contributed by atoms with van der Waals surface area (Å²) in [5, 5.41) is 0. The molecule has 0 spiro atoms. The SMILES string of the molecule is COC(=O)CCCCCOc1cccc(Br)c1C. The van der Waals surface area contributed by atoms with Crippen molar-refractivity contribution in [3.63, 3.8) is 0 Å². The van der Waals surface area contributed by atoms with E-state index in [1.54, 1.807) is 0 Å². The van der Waals surface area contributed by atoms with Crippen molar-refractivity contribution >= 4 is 21.9 Å². The molecule has 3 nitrogen and oxygen atoms in total. The summed E-state index contributed by atoms with van der Waals surface area (Å²) in [7, 11) is 1.42. The van der Waals surface area contributed by atoms with Crippen LogP contribution in [-0.4, -0.2) is 19.7 Å². The number of hydrogen-bond acceptors (Lipinski definition) is 3. The Labute approximate surface area is 117 Å². The van der Waals surface area contributed by atoms with Gasteiger partial charge in [-0.25, -0.2) is 0 Å². The quantitative estimate of drug-likeness (QED) is 0.566. The van der Waals surface area contributed by atoms with Gasteiger partial charge < -0.3 is 9.47 Å². The lowest BCUT2D eigenvalue weighted by molar-refractivity contribution is -0.140. The van der Waals surface area contributed by atoms with Gasteiger partial charge in [0.05, 0.1) is 13.7 Å². The van der Waals surface area contributed by atoms with Gasteiger partial charge in [-0.2, -0.15) is 0 Å². The number of benzene rings is 1. The minimum Gasteiger partial charge on any atom is -0.493 e. The predicted molar refractivity (Wildman–Crippen MR) is 74.9 cm³/mol. The summed E-state index contributed by atoms with van der Waals surface area (Å²) in [6.07, 6.45) is 3.27. The van der Waals surface area contributed by atoms with E-state index in [0.717, 1.165) is 35.0 Å². The number of rotatable bonds is 7. The van der Waals surface area contributed by atoms with E-state index >= 15 is 0 Å². The summed E-state index contributed by atoms with van der Waals surface area (Å²) in [5.41, 5.74) is 1.12. The molecule has 1 aromatic carbocycles. The van der Waals surface area contributed by atoms with Crippen LogP contribution in [0.25, 0.3) is 0 Å². The topological polar surface area (TPSA) is 35.5 Å². The second kappa shape index (κ2) is 8.14. The molecule has 0 saturated heterocycles. The third kappa shape index (κ3) is 5.08. The molecule has 0 unspecified atom stereocenters. The maximum atomic E-state index is 10.9. The summed E-state index contributed by atoms with van der Waals surface area (Å²) in [6, 6.07) is 5.93. The lowest BCUT2D eigenvalue weighted by atomic mass is 10.2. The van der Waals surface area contributed by atoms with Crippen LogP contribution in [0.2, 0.25) is 0 Å². The Morgan fingerprint density at radius 1 is 1.28 bits per heavy atom. The van der Waals surface area contributed by atoms with Gasteiger partial charge >= 0.3 is 5.97 Å². The van der Waals surface area contributed by atoms with Gasteiger partial charge in [-0.05, 0) is 38.3 Å². The van der Waals surface area contributed by atoms with Crippen LogP contribution in [0.3, 0.4) is 0 Å². The largest absolute Gasteiger partial charge is 0.493 e. The molecule has 0 aliphatic carbocycles. The first-order valence-corrected chi connectivity index (χ1v) is 6.89. The minimum absolute atomic E-state index is 0.140. The molecule has 0 amide bonds. The summed E-state index contributed by atoms with van der Waals surface area (Å²) in [5.74, 6) is 0.774. The Morgan fingerprint density at radius 3 is 2.78 bits per heavy atom. The standard InChI is InChI=1S/C14H19BrO3/c1-11-12(15)7-6-8-13(11)18-10-5-3-4-9-14(16)17-2/h6-8H,3-5,9-10H2,1-2H3. The summed E-state index contributed by atoms with van der Waals surface area (Å²) < 4.78 is 11.3. The first kappa shape index (κ1) is 15.0. The van der Waals surface area contributed by atoms with Crippen LogP contribution in [0.1, 0.15) is 31.2 Å². The summed E-state index contributed by atoms with van der Waals surface area (Å²) in [6.45, 7) is 2.70. The molecule has 0 heterocycles. The molecule has 0 bridgehead atoms. The second-order valence-corrected chi connectivity index (χ2v) is 4.95. The average Bonchev–Trinajstić information content (AvgIpc) is 2.38. The van der Waals surface area contributed by atoms with Gasteiger partial charge in [0, 0.05) is 16.5 Å². The Bertz CT molecular complexity index is 391. The van der Waals surface area contributed by atoms with Crippen LogP contribution in [-0.2, 0) is 9.53 Å². The second-order valence-electron chi connectivity index (χ2n) is 4.10. The number of ether oxygens (including phenoxy) is 2. The smallest absolute Gasteiger partial charge is 0.305 e. The van der Waals surface area contributed by atoms with Crippen molar-refractivity contribution in [2.24, 2.45) is 0 Å². The van der Waals surface area contributed by atoms with E-state index in [1.807, 2.05) is 25.1 Å². The van der Waals surface area contributed by atoms with E-state index in [2.05, 4.69) is 20.7 Å². The van der Waals surface area contributed by atoms with Crippen LogP contribution in [0, 0.1) is 6.92 Å². The van der Waals surface area contributed by atoms with Crippen LogP contribution in [0.15, 0.2) is 22.7 Å². The van der Waals surface area contributed by atoms with Crippen molar-refractivity contribution in [3.05, 3.63) is 28.2 Å². The lowest BCUT2D eigenvalue weighted by Crippen LogP contribution is -2.02. The third-order valence-corrected chi connectivity index (χ3v) is 3.59. The Hall–Kier alpha value is -1.03. The molecule has 1 rings (SSSR count). The fourth-order valence-corrected chi connectivity index (χ4v) is 1.92. The van der Waals surface area contributed by atoms with E-state index < -0.39 is 0 Å². The van der Waals surface area contributed by atoms with Crippen molar-refractivity contribution in [2.75, 3.05) is 13.7 Å². The molecule has 0 atom stereocenters. The lowest BCUT2D eigenvalue weighted by Gasteiger charge is -2.09. The first-order valence-electron chi connectivity index (χ1n) is 6.10. The zero-order chi connectivity index (χ0) is 13.4. The number of unbranched alkanes of at least 4 members (excludes halogenated alkanes) is 2. The Morgan fingerprint density at radius 2 is 2.06 bits per heavy atom. The molecule has 0 aliphatic heterocycles. The number of methoxy groups -OCH3 is 1. The zero-order valence-corrected chi connectivity index (χ0v) is 12.5. The van der Waals surface area contributed by atoms with Crippen molar-refractivity contribution in [1.29, 1.82) is 0 Å². The highest BCUT2D eigenvalue weighted by Crippen LogP contribution is 2.25. The van der Waals surface area contributed by atoms with Gasteiger partial charge in [-0.3, -0.25) is 4.79 Å². The number of esters is 1. The Balaban J connectivity index is 2.18. The van der Waals surface area contributed by atoms with E-state index in [1.165, 1.54) is 7.11 Å². The highest BCUT2D eigenvalue weighted by atomic mass is 79.9. The highest BCUT2D eigenvalue weighted by Gasteiger charge is 2.03. The molecule has 0 aromatic heterocycles. The van der Waals surface area contributed by atoms with E-state index in [-0.39, 0.29) is 5.97 Å². The zero-order valence-electron chi connectivity index (χ0n) is 10.9. The minimum atomic E-state index is -0.140. The van der Waals surface area contributed by atoms with Crippen LogP contribution in [0.4, 0.5) is 0 Å². The maximum absolute atomic E-state index is 10.9. The molecule has 100 valence electrons. The third-order valence-electron chi connectivity index (χ3n) is 2.73. The van der Waals surface area contributed by atoms with E-state index in [9.17, 15) is 4.79 Å². The molecule has 1 aromatic rings. The molecule has 0 N–H and O–H groups in total. The number of carbonyl (C=O) groups is 1. The molecule has 0 aliphatic rings. The average molecular weight is 315 g/mol. The highest BCUT2D eigenvalue weighted by molar-refractivity contribution is 9.10. The fraction of sp³-hybridized carbons (Fsp3) is 0.500. The van der Waals surface area contributed by atoms with Gasteiger partial charge in [0.15, 0.2) is 0 Å². The summed E-state index contributed by atoms with van der Waals surface area (Å²) >= 11 is 3.47. The van der Waals surface area contributed by atoms with Crippen molar-refractivity contribution < 1.29 is 14.3 Å². The van der Waals surface area contributed by atoms with Crippen LogP contribution >= 0.6 is 15.9 Å². The van der Waals surface area contributed by atoms with Crippen LogP contribution in [0.5, 0.6) is 5.75 Å². The predicted octanol–water partition coefficient (Wildman–Crippen LogP) is 3.87. The summed E-state index contributed by atoms with van der Waals surface area (Å²) in [4.78, 5) is 10.9.